The van der Waals surface area contributed by atoms with Crippen LogP contribution in [0.1, 0.15) is 22.2 Å². The highest BCUT2D eigenvalue weighted by molar-refractivity contribution is 5.87. The topological polar surface area (TPSA) is 57.2 Å². The summed E-state index contributed by atoms with van der Waals surface area (Å²) >= 11 is 0. The molecule has 1 rings (SSSR count). The number of carbonyl (C=O) groups is 1. The van der Waals surface area contributed by atoms with E-state index in [-0.39, 0.29) is 11.4 Å². The van der Waals surface area contributed by atoms with Gasteiger partial charge in [0.15, 0.2) is 0 Å². The van der Waals surface area contributed by atoms with Gasteiger partial charge in [0.1, 0.15) is 11.7 Å². The molecule has 1 atom stereocenters. The maximum atomic E-state index is 12.4. The molecule has 2 N–H and O–H groups in total. The zero-order valence-electron chi connectivity index (χ0n) is 8.71. The second kappa shape index (κ2) is 4.17. The van der Waals surface area contributed by atoms with Gasteiger partial charge in [-0.25, -0.2) is 4.79 Å². The lowest BCUT2D eigenvalue weighted by atomic mass is 10.2. The second-order valence-corrected chi connectivity index (χ2v) is 3.21. The Morgan fingerprint density at radius 2 is 2.06 bits per heavy atom. The fourth-order valence-electron chi connectivity index (χ4n) is 1.32. The van der Waals surface area contributed by atoms with Crippen LogP contribution in [0.4, 0.5) is 13.2 Å². The molecule has 4 nitrogen and oxygen atoms in total. The molecule has 1 aromatic heterocycles. The number of carbonyl (C=O) groups excluding carboxylic acids is 1. The van der Waals surface area contributed by atoms with E-state index in [4.69, 9.17) is 5.73 Å². The molecule has 1 aromatic rings. The van der Waals surface area contributed by atoms with E-state index in [9.17, 15) is 18.0 Å². The Bertz CT molecular complexity index is 398. The number of aromatic nitrogens is 1. The SMILES string of the molecule is COC(=O)c1ccc(C(N)C(F)(F)F)n1C. The lowest BCUT2D eigenvalue weighted by Gasteiger charge is -2.16. The van der Waals surface area contributed by atoms with Crippen molar-refractivity contribution in [3.05, 3.63) is 23.5 Å². The normalized spacial score (nSPS) is 13.6. The second-order valence-electron chi connectivity index (χ2n) is 3.21. The molecule has 7 heteroatoms. The van der Waals surface area contributed by atoms with Crippen LogP contribution in [0.3, 0.4) is 0 Å². The standard InChI is InChI=1S/C9H11F3N2O2/c1-14-5(7(13)9(10,11)12)3-4-6(14)8(15)16-2/h3-4,7H,13H2,1-2H3. The molecule has 0 aromatic carbocycles. The van der Waals surface area contributed by atoms with Crippen LogP contribution in [0.2, 0.25) is 0 Å². The van der Waals surface area contributed by atoms with E-state index < -0.39 is 18.2 Å². The maximum absolute atomic E-state index is 12.4. The van der Waals surface area contributed by atoms with Gasteiger partial charge in [-0.1, -0.05) is 0 Å². The van der Waals surface area contributed by atoms with Gasteiger partial charge < -0.3 is 15.0 Å². The lowest BCUT2D eigenvalue weighted by Crippen LogP contribution is -2.30. The zero-order chi connectivity index (χ0) is 12.5. The van der Waals surface area contributed by atoms with Crippen molar-refractivity contribution < 1.29 is 22.7 Å². The number of halogens is 3. The molecule has 16 heavy (non-hydrogen) atoms. The molecule has 0 saturated heterocycles. The Kier molecular flexibility index (Phi) is 3.27. The molecule has 0 fully saturated rings. The maximum Gasteiger partial charge on any atom is 0.409 e. The minimum absolute atomic E-state index is 0.0252. The third-order valence-corrected chi connectivity index (χ3v) is 2.23. The number of rotatable bonds is 2. The van der Waals surface area contributed by atoms with Crippen molar-refractivity contribution >= 4 is 5.97 Å². The molecule has 0 spiro atoms. The number of alkyl halides is 3. The van der Waals surface area contributed by atoms with Gasteiger partial charge in [-0.05, 0) is 12.1 Å². The number of esters is 1. The summed E-state index contributed by atoms with van der Waals surface area (Å²) in [6.07, 6.45) is -4.54. The Labute approximate surface area is 89.8 Å². The quantitative estimate of drug-likeness (QED) is 0.789. The molecule has 0 radical (unpaired) electrons. The van der Waals surface area contributed by atoms with E-state index in [0.717, 1.165) is 17.7 Å². The molecule has 0 aliphatic carbocycles. The number of methoxy groups -OCH3 is 1. The highest BCUT2D eigenvalue weighted by Gasteiger charge is 2.39. The third kappa shape index (κ3) is 2.19. The highest BCUT2D eigenvalue weighted by atomic mass is 19.4. The number of nitrogens with zero attached hydrogens (tertiary/aromatic N) is 1. The van der Waals surface area contributed by atoms with Crippen LogP contribution in [-0.4, -0.2) is 23.8 Å². The van der Waals surface area contributed by atoms with Crippen molar-refractivity contribution in [3.63, 3.8) is 0 Å². The highest BCUT2D eigenvalue weighted by Crippen LogP contribution is 2.31. The number of hydrogen-bond acceptors (Lipinski definition) is 3. The van der Waals surface area contributed by atoms with Gasteiger partial charge in [0.2, 0.25) is 0 Å². The van der Waals surface area contributed by atoms with Gasteiger partial charge in [-0.2, -0.15) is 13.2 Å². The fraction of sp³-hybridized carbons (Fsp3) is 0.444. The molecule has 0 amide bonds. The van der Waals surface area contributed by atoms with E-state index in [1.54, 1.807) is 0 Å². The fourth-order valence-corrected chi connectivity index (χ4v) is 1.32. The molecule has 90 valence electrons. The first-order chi connectivity index (χ1) is 7.29. The minimum Gasteiger partial charge on any atom is -0.464 e. The summed E-state index contributed by atoms with van der Waals surface area (Å²) in [5.41, 5.74) is 4.87. The smallest absolute Gasteiger partial charge is 0.409 e. The molecule has 0 bridgehead atoms. The minimum atomic E-state index is -4.54. The summed E-state index contributed by atoms with van der Waals surface area (Å²) in [7, 11) is 2.48. The average Bonchev–Trinajstić information content (AvgIpc) is 2.56. The summed E-state index contributed by atoms with van der Waals surface area (Å²) in [6.45, 7) is 0. The molecular formula is C9H11F3N2O2. The van der Waals surface area contributed by atoms with Crippen molar-refractivity contribution in [3.8, 4) is 0 Å². The van der Waals surface area contributed by atoms with Crippen molar-refractivity contribution in [1.29, 1.82) is 0 Å². The first kappa shape index (κ1) is 12.6. The molecule has 1 heterocycles. The Morgan fingerprint density at radius 1 is 1.50 bits per heavy atom. The zero-order valence-corrected chi connectivity index (χ0v) is 8.71. The van der Waals surface area contributed by atoms with Gasteiger partial charge >= 0.3 is 12.1 Å². The molecular weight excluding hydrogens is 225 g/mol. The first-order valence-corrected chi connectivity index (χ1v) is 4.35. The van der Waals surface area contributed by atoms with Gasteiger partial charge in [-0.15, -0.1) is 0 Å². The van der Waals surface area contributed by atoms with Gasteiger partial charge in [0.05, 0.1) is 7.11 Å². The van der Waals surface area contributed by atoms with Crippen molar-refractivity contribution in [1.82, 2.24) is 4.57 Å². The van der Waals surface area contributed by atoms with Crippen molar-refractivity contribution in [2.45, 2.75) is 12.2 Å². The number of nitrogens with two attached hydrogens (primary N) is 1. The molecule has 1 unspecified atom stereocenters. The predicted octanol–water partition coefficient (Wildman–Crippen LogP) is 1.37. The predicted molar refractivity (Wildman–Crippen MR) is 49.7 cm³/mol. The van der Waals surface area contributed by atoms with Crippen molar-refractivity contribution in [2.24, 2.45) is 12.8 Å². The van der Waals surface area contributed by atoms with Crippen LogP contribution in [0.5, 0.6) is 0 Å². The van der Waals surface area contributed by atoms with Crippen LogP contribution >= 0.6 is 0 Å². The monoisotopic (exact) mass is 236 g/mol. The van der Waals surface area contributed by atoms with Gasteiger partial charge in [0.25, 0.3) is 0 Å². The molecule has 0 saturated carbocycles. The van der Waals surface area contributed by atoms with Crippen LogP contribution < -0.4 is 5.73 Å². The van der Waals surface area contributed by atoms with E-state index in [2.05, 4.69) is 4.74 Å². The number of ether oxygens (including phenoxy) is 1. The summed E-state index contributed by atoms with van der Waals surface area (Å²) in [6, 6.07) is 0.285. The van der Waals surface area contributed by atoms with Crippen LogP contribution in [0, 0.1) is 0 Å². The third-order valence-electron chi connectivity index (χ3n) is 2.23. The summed E-state index contributed by atoms with van der Waals surface area (Å²) in [5.74, 6) is -0.705. The van der Waals surface area contributed by atoms with E-state index in [1.165, 1.54) is 13.1 Å². The lowest BCUT2D eigenvalue weighted by molar-refractivity contribution is -0.150. The van der Waals surface area contributed by atoms with Crippen LogP contribution in [0.25, 0.3) is 0 Å². The van der Waals surface area contributed by atoms with Crippen LogP contribution in [-0.2, 0) is 11.8 Å². The summed E-state index contributed by atoms with van der Waals surface area (Å²) in [5, 5.41) is 0. The van der Waals surface area contributed by atoms with E-state index >= 15 is 0 Å². The summed E-state index contributed by atoms with van der Waals surface area (Å²) < 4.78 is 42.5. The molecule has 0 aliphatic heterocycles. The largest absolute Gasteiger partial charge is 0.464 e. The van der Waals surface area contributed by atoms with Gasteiger partial charge in [-0.3, -0.25) is 0 Å². The summed E-state index contributed by atoms with van der Waals surface area (Å²) in [4.78, 5) is 11.2. The Hall–Kier alpha value is -1.50. The van der Waals surface area contributed by atoms with Gasteiger partial charge in [0, 0.05) is 12.7 Å². The average molecular weight is 236 g/mol. The van der Waals surface area contributed by atoms with E-state index in [0.29, 0.717) is 0 Å². The molecule has 0 aliphatic rings. The Balaban J connectivity index is 3.10. The Morgan fingerprint density at radius 3 is 2.50 bits per heavy atom. The van der Waals surface area contributed by atoms with Crippen LogP contribution in [0.15, 0.2) is 12.1 Å². The van der Waals surface area contributed by atoms with E-state index in [1.807, 2.05) is 0 Å². The number of hydrogen-bond donors (Lipinski definition) is 1. The van der Waals surface area contributed by atoms with Crippen molar-refractivity contribution in [2.75, 3.05) is 7.11 Å². The first-order valence-electron chi connectivity index (χ1n) is 4.35.